The summed E-state index contributed by atoms with van der Waals surface area (Å²) in [6.07, 6.45) is -0.958. The van der Waals surface area contributed by atoms with E-state index in [9.17, 15) is 9.90 Å². The van der Waals surface area contributed by atoms with Crippen LogP contribution in [0.3, 0.4) is 0 Å². The number of aliphatic hydroxyl groups is 1. The molecule has 116 valence electrons. The van der Waals surface area contributed by atoms with E-state index in [1.54, 1.807) is 0 Å². The van der Waals surface area contributed by atoms with Gasteiger partial charge in [0.2, 0.25) is 0 Å². The van der Waals surface area contributed by atoms with Crippen LogP contribution in [0.25, 0.3) is 0 Å². The van der Waals surface area contributed by atoms with Gasteiger partial charge >= 0.3 is 5.97 Å². The quantitative estimate of drug-likeness (QED) is 0.345. The van der Waals surface area contributed by atoms with E-state index >= 15 is 0 Å². The van der Waals surface area contributed by atoms with E-state index < -0.39 is 17.7 Å². The number of rotatable bonds is 8. The van der Waals surface area contributed by atoms with Gasteiger partial charge in [-0.15, -0.1) is 0 Å². The smallest absolute Gasteiger partial charge is 0.333 e. The summed E-state index contributed by atoms with van der Waals surface area (Å²) in [5, 5.41) is 9.64. The summed E-state index contributed by atoms with van der Waals surface area (Å²) in [5.74, 6) is -0.542. The average Bonchev–Trinajstić information content (AvgIpc) is 2.45. The highest BCUT2D eigenvalue weighted by molar-refractivity contribution is 5.86. The summed E-state index contributed by atoms with van der Waals surface area (Å²) >= 11 is 0. The molecule has 0 spiro atoms. The molecule has 0 saturated carbocycles. The lowest BCUT2D eigenvalue weighted by Crippen LogP contribution is -2.28. The maximum atomic E-state index is 11.2. The van der Waals surface area contributed by atoms with Crippen molar-refractivity contribution in [3.05, 3.63) is 48.0 Å². The first-order valence-corrected chi connectivity index (χ1v) is 6.70. The predicted molar refractivity (Wildman–Crippen MR) is 78.3 cm³/mol. The third-order valence-electron chi connectivity index (χ3n) is 2.75. The van der Waals surface area contributed by atoms with E-state index in [2.05, 4.69) is 6.58 Å². The molecule has 0 aliphatic rings. The second-order valence-electron chi connectivity index (χ2n) is 5.28. The van der Waals surface area contributed by atoms with Crippen LogP contribution in [0.15, 0.2) is 42.5 Å². The van der Waals surface area contributed by atoms with Crippen LogP contribution in [0.5, 0.6) is 0 Å². The molecule has 1 aromatic rings. The molecule has 1 unspecified atom stereocenters. The van der Waals surface area contributed by atoms with E-state index in [1.165, 1.54) is 6.92 Å². The molecular formula is C16H22O5. The van der Waals surface area contributed by atoms with Crippen LogP contribution in [0.4, 0.5) is 0 Å². The molecular weight excluding hydrogens is 272 g/mol. The largest absolute Gasteiger partial charge is 0.460 e. The Bertz CT molecular complexity index is 467. The van der Waals surface area contributed by atoms with Gasteiger partial charge in [0.05, 0.1) is 0 Å². The number of ether oxygens (including phenoxy) is 1. The second kappa shape index (κ2) is 7.93. The Morgan fingerprint density at radius 3 is 2.48 bits per heavy atom. The maximum absolute atomic E-state index is 11.2. The summed E-state index contributed by atoms with van der Waals surface area (Å²) < 4.78 is 4.81. The zero-order valence-electron chi connectivity index (χ0n) is 12.7. The zero-order chi connectivity index (χ0) is 15.9. The van der Waals surface area contributed by atoms with Crippen LogP contribution in [-0.2, 0) is 24.9 Å². The number of carbonyl (C=O) groups is 1. The molecule has 1 atom stereocenters. The molecule has 5 nitrogen and oxygen atoms in total. The van der Waals surface area contributed by atoms with Crippen molar-refractivity contribution < 1.29 is 24.4 Å². The highest BCUT2D eigenvalue weighted by atomic mass is 17.2. The van der Waals surface area contributed by atoms with Crippen LogP contribution < -0.4 is 0 Å². The van der Waals surface area contributed by atoms with Crippen LogP contribution in [-0.4, -0.2) is 30.4 Å². The summed E-state index contributed by atoms with van der Waals surface area (Å²) in [4.78, 5) is 21.5. The average molecular weight is 294 g/mol. The molecule has 1 N–H and O–H groups in total. The van der Waals surface area contributed by atoms with E-state index in [-0.39, 0.29) is 18.8 Å². The van der Waals surface area contributed by atoms with Gasteiger partial charge in [-0.3, -0.25) is 0 Å². The lowest BCUT2D eigenvalue weighted by molar-refractivity contribution is -0.366. The summed E-state index contributed by atoms with van der Waals surface area (Å²) in [5.41, 5.74) is 0.591. The molecule has 0 aliphatic carbocycles. The van der Waals surface area contributed by atoms with Crippen molar-refractivity contribution in [3.63, 3.8) is 0 Å². The number of carbonyl (C=O) groups excluding carboxylic acids is 1. The van der Waals surface area contributed by atoms with Gasteiger partial charge in [0.15, 0.2) is 0 Å². The van der Waals surface area contributed by atoms with Gasteiger partial charge < -0.3 is 9.84 Å². The Kier molecular flexibility index (Phi) is 6.55. The molecule has 0 heterocycles. The standard InChI is InChI=1S/C16H22O5/c1-12(2)15(18)19-10-14(17)11-20-21-16(3,4)13-8-6-5-7-9-13/h5-9,14,17H,1,10-11H2,2-4H3. The van der Waals surface area contributed by atoms with Crippen LogP contribution in [0.1, 0.15) is 26.3 Å². The van der Waals surface area contributed by atoms with Gasteiger partial charge in [-0.25, -0.2) is 14.6 Å². The monoisotopic (exact) mass is 294 g/mol. The molecule has 0 radical (unpaired) electrons. The minimum Gasteiger partial charge on any atom is -0.460 e. The number of aliphatic hydroxyl groups excluding tert-OH is 1. The molecule has 0 amide bonds. The lowest BCUT2D eigenvalue weighted by Gasteiger charge is -2.24. The number of hydrogen-bond donors (Lipinski definition) is 1. The molecule has 21 heavy (non-hydrogen) atoms. The first-order valence-electron chi connectivity index (χ1n) is 6.70. The van der Waals surface area contributed by atoms with Gasteiger partial charge in [0.25, 0.3) is 0 Å². The third-order valence-corrected chi connectivity index (χ3v) is 2.75. The van der Waals surface area contributed by atoms with Gasteiger partial charge in [-0.2, -0.15) is 0 Å². The van der Waals surface area contributed by atoms with E-state index in [4.69, 9.17) is 14.5 Å². The first kappa shape index (κ1) is 17.4. The molecule has 1 aromatic carbocycles. The SMILES string of the molecule is C=C(C)C(=O)OCC(O)COOC(C)(C)c1ccccc1. The van der Waals surface area contributed by atoms with Gasteiger partial charge in [-0.1, -0.05) is 36.9 Å². The highest BCUT2D eigenvalue weighted by Gasteiger charge is 2.23. The Morgan fingerprint density at radius 2 is 1.90 bits per heavy atom. The lowest BCUT2D eigenvalue weighted by atomic mass is 9.99. The van der Waals surface area contributed by atoms with Crippen molar-refractivity contribution >= 4 is 5.97 Å². The van der Waals surface area contributed by atoms with Crippen molar-refractivity contribution in [3.8, 4) is 0 Å². The van der Waals surface area contributed by atoms with Crippen molar-refractivity contribution in [1.82, 2.24) is 0 Å². The molecule has 0 fully saturated rings. The topological polar surface area (TPSA) is 65.0 Å². The van der Waals surface area contributed by atoms with Crippen molar-refractivity contribution in [1.29, 1.82) is 0 Å². The summed E-state index contributed by atoms with van der Waals surface area (Å²) in [7, 11) is 0. The van der Waals surface area contributed by atoms with E-state index in [1.807, 2.05) is 44.2 Å². The van der Waals surface area contributed by atoms with Crippen LogP contribution >= 0.6 is 0 Å². The molecule has 1 rings (SSSR count). The minimum atomic E-state index is -0.958. The fraction of sp³-hybridized carbons (Fsp3) is 0.438. The first-order chi connectivity index (χ1) is 9.83. The van der Waals surface area contributed by atoms with E-state index in [0.717, 1.165) is 5.56 Å². The highest BCUT2D eigenvalue weighted by Crippen LogP contribution is 2.24. The summed E-state index contributed by atoms with van der Waals surface area (Å²) in [6, 6.07) is 9.59. The molecule has 0 saturated heterocycles. The Labute approximate surface area is 125 Å². The van der Waals surface area contributed by atoms with Gasteiger partial charge in [0, 0.05) is 5.57 Å². The normalized spacial score (nSPS) is 12.8. The van der Waals surface area contributed by atoms with Gasteiger partial charge in [-0.05, 0) is 26.3 Å². The Morgan fingerprint density at radius 1 is 1.29 bits per heavy atom. The zero-order valence-corrected chi connectivity index (χ0v) is 12.7. The number of esters is 1. The Hall–Kier alpha value is -1.69. The van der Waals surface area contributed by atoms with Crippen LogP contribution in [0, 0.1) is 0 Å². The molecule has 5 heteroatoms. The Balaban J connectivity index is 2.32. The molecule has 0 aromatic heterocycles. The fourth-order valence-electron chi connectivity index (χ4n) is 1.49. The van der Waals surface area contributed by atoms with Crippen molar-refractivity contribution in [2.45, 2.75) is 32.5 Å². The van der Waals surface area contributed by atoms with Gasteiger partial charge in [0.1, 0.15) is 24.9 Å². The molecule has 0 aliphatic heterocycles. The van der Waals surface area contributed by atoms with E-state index in [0.29, 0.717) is 0 Å². The fourth-order valence-corrected chi connectivity index (χ4v) is 1.49. The van der Waals surface area contributed by atoms with Crippen LogP contribution in [0.2, 0.25) is 0 Å². The predicted octanol–water partition coefficient (Wildman–Crippen LogP) is 2.35. The number of benzene rings is 1. The third kappa shape index (κ3) is 6.08. The molecule has 0 bridgehead atoms. The minimum absolute atomic E-state index is 0.0975. The summed E-state index contributed by atoms with van der Waals surface area (Å²) in [6.45, 7) is 8.44. The maximum Gasteiger partial charge on any atom is 0.333 e. The second-order valence-corrected chi connectivity index (χ2v) is 5.28. The number of hydrogen-bond acceptors (Lipinski definition) is 5. The van der Waals surface area contributed by atoms with Crippen molar-refractivity contribution in [2.75, 3.05) is 13.2 Å². The van der Waals surface area contributed by atoms with Crippen molar-refractivity contribution in [2.24, 2.45) is 0 Å².